The van der Waals surface area contributed by atoms with Crippen LogP contribution in [0.25, 0.3) is 0 Å². The maximum Gasteiger partial charge on any atom is 0.453 e. The van der Waals surface area contributed by atoms with Gasteiger partial charge in [-0.3, -0.25) is 4.74 Å². The van der Waals surface area contributed by atoms with Gasteiger partial charge in [-0.15, -0.1) is 6.58 Å². The molecule has 1 atom stereocenters. The summed E-state index contributed by atoms with van der Waals surface area (Å²) in [5, 5.41) is 2.47. The molecule has 4 nitrogen and oxygen atoms in total. The Morgan fingerprint density at radius 2 is 1.24 bits per heavy atom. The molecule has 0 aromatic heterocycles. The Balaban J connectivity index is 3.37. The number of anilines is 1. The Morgan fingerprint density at radius 3 is 1.61 bits per heavy atom. The third kappa shape index (κ3) is 9.11. The minimum atomic E-state index is -7.31. The normalized spacial score (nSPS) is 15.6. The molecule has 0 aliphatic rings. The van der Waals surface area contributed by atoms with Crippen LogP contribution < -0.4 is 10.5 Å². The lowest BCUT2D eigenvalue weighted by atomic mass is 10.2. The molecule has 1 unspecified atom stereocenters. The zero-order valence-electron chi connectivity index (χ0n) is 20.4. The molecule has 21 heteroatoms. The van der Waals surface area contributed by atoms with Crippen molar-refractivity contribution in [2.24, 2.45) is 0 Å². The smallest absolute Gasteiger partial charge is 0.363 e. The second kappa shape index (κ2) is 11.8. The van der Waals surface area contributed by atoms with Crippen molar-refractivity contribution in [3.05, 3.63) is 36.5 Å². The Morgan fingerprint density at radius 1 is 0.780 bits per heavy atom. The first-order valence-electron chi connectivity index (χ1n) is 10.5. The molecule has 0 saturated carbocycles. The van der Waals surface area contributed by atoms with E-state index < -0.39 is 70.0 Å². The summed E-state index contributed by atoms with van der Waals surface area (Å²) in [5.41, 5.74) is 1.35. The van der Waals surface area contributed by atoms with E-state index >= 15 is 0 Å². The van der Waals surface area contributed by atoms with E-state index in [1.165, 1.54) is 12.1 Å². The van der Waals surface area contributed by atoms with E-state index in [4.69, 9.17) is 0 Å². The molecule has 0 bridgehead atoms. The second-order valence-electron chi connectivity index (χ2n) is 8.68. The fourth-order valence-corrected chi connectivity index (χ4v) is 4.01. The molecule has 41 heavy (non-hydrogen) atoms. The average Bonchev–Trinajstić information content (AvgIpc) is 2.74. The number of hydrogen-bond acceptors (Lipinski definition) is 4. The summed E-state index contributed by atoms with van der Waals surface area (Å²) >= 11 is 0. The quantitative estimate of drug-likeness (QED) is 0.143. The van der Waals surface area contributed by atoms with Crippen LogP contribution >= 0.6 is 0 Å². The van der Waals surface area contributed by atoms with Gasteiger partial charge in [0.25, 0.3) is 0 Å². The minimum Gasteiger partial charge on any atom is -0.363 e. The molecule has 0 aliphatic heterocycles. The summed E-state index contributed by atoms with van der Waals surface area (Å²) in [5.74, 6) is -6.65. The number of benzene rings is 1. The Bertz CT molecular complexity index is 1000. The van der Waals surface area contributed by atoms with Gasteiger partial charge in [-0.2, -0.15) is 70.2 Å². The average molecular weight is 653 g/mol. The van der Waals surface area contributed by atoms with Gasteiger partial charge in [-0.25, -0.2) is 0 Å². The lowest BCUT2D eigenvalue weighted by Gasteiger charge is -2.40. The number of alkyl halides is 16. The first kappa shape index (κ1) is 36.8. The molecule has 0 amide bonds. The second-order valence-corrected chi connectivity index (χ2v) is 13.1. The van der Waals surface area contributed by atoms with E-state index in [0.29, 0.717) is 5.19 Å². The predicted molar refractivity (Wildman–Crippen MR) is 111 cm³/mol. The zero-order chi connectivity index (χ0) is 32.5. The predicted octanol–water partition coefficient (Wildman–Crippen LogP) is 7.64. The summed E-state index contributed by atoms with van der Waals surface area (Å²) in [6, 6.07) is 4.96. The molecular weight excluding hydrogens is 634 g/mol. The molecule has 1 aromatic carbocycles. The van der Waals surface area contributed by atoms with Gasteiger partial charge in [-0.05, 0) is 12.1 Å². The molecule has 0 heterocycles. The van der Waals surface area contributed by atoms with Gasteiger partial charge in [0.15, 0.2) is 6.10 Å². The number of halogens is 16. The van der Waals surface area contributed by atoms with E-state index in [2.05, 4.69) is 20.8 Å². The third-order valence-corrected chi connectivity index (χ3v) is 7.96. The van der Waals surface area contributed by atoms with Crippen LogP contribution in [0, 0.1) is 0 Å². The van der Waals surface area contributed by atoms with Crippen LogP contribution in [-0.2, 0) is 14.2 Å². The number of nitrogens with one attached hydrogen (secondary N) is 1. The highest BCUT2D eigenvalue weighted by Crippen LogP contribution is 2.52. The minimum absolute atomic E-state index is 0.276. The molecule has 0 aliphatic carbocycles. The summed E-state index contributed by atoms with van der Waals surface area (Å²) in [6.45, 7) is 5.21. The summed E-state index contributed by atoms with van der Waals surface area (Å²) in [7, 11) is -2.18. The highest BCUT2D eigenvalue weighted by molar-refractivity contribution is 6.93. The van der Waals surface area contributed by atoms with Crippen molar-refractivity contribution in [3.8, 4) is 0 Å². The molecule has 0 radical (unpaired) electrons. The molecule has 0 fully saturated rings. The van der Waals surface area contributed by atoms with Gasteiger partial charge < -0.3 is 14.8 Å². The van der Waals surface area contributed by atoms with E-state index in [0.717, 1.165) is 12.1 Å². The van der Waals surface area contributed by atoms with E-state index in [9.17, 15) is 70.2 Å². The molecule has 0 saturated heterocycles. The molecule has 0 spiro atoms. The van der Waals surface area contributed by atoms with Crippen molar-refractivity contribution in [1.29, 1.82) is 0 Å². The lowest BCUT2D eigenvalue weighted by molar-refractivity contribution is -0.553. The molecule has 1 N–H and O–H groups in total. The maximum absolute atomic E-state index is 14.0. The Labute approximate surface area is 221 Å². The third-order valence-electron chi connectivity index (χ3n) is 5.12. The van der Waals surface area contributed by atoms with Gasteiger partial charge in [-0.1, -0.05) is 36.1 Å². The summed E-state index contributed by atoms with van der Waals surface area (Å²) < 4.78 is 220. The number of rotatable bonds is 12. The first-order valence-corrected chi connectivity index (χ1v) is 13.6. The fourth-order valence-electron chi connectivity index (χ4n) is 2.75. The SMILES string of the molecule is C=C[Si](C)(C)c1ccc(NCOC(OC(F)(F)C(F)(F)OC(CC(F)(F)F)C(F)(F)F)(C(F)(F)F)C(F)(F)F)cc1. The molecule has 1 aromatic rings. The highest BCUT2D eigenvalue weighted by Gasteiger charge is 2.80. The fraction of sp³-hybridized carbons (Fsp3) is 0.600. The molecule has 238 valence electrons. The highest BCUT2D eigenvalue weighted by atomic mass is 28.3. The number of hydrogen-bond donors (Lipinski definition) is 1. The monoisotopic (exact) mass is 653 g/mol. The number of ether oxygens (including phenoxy) is 3. The van der Waals surface area contributed by atoms with E-state index in [1.807, 2.05) is 13.1 Å². The van der Waals surface area contributed by atoms with Crippen LogP contribution in [-0.4, -0.2) is 63.6 Å². The Hall–Kier alpha value is -2.26. The van der Waals surface area contributed by atoms with Crippen LogP contribution in [0.5, 0.6) is 0 Å². The van der Waals surface area contributed by atoms with Gasteiger partial charge in [0.05, 0.1) is 6.42 Å². The van der Waals surface area contributed by atoms with E-state index in [-0.39, 0.29) is 5.69 Å². The largest absolute Gasteiger partial charge is 0.453 e. The Kier molecular flexibility index (Phi) is 10.6. The van der Waals surface area contributed by atoms with Crippen LogP contribution in [0.2, 0.25) is 13.1 Å². The zero-order valence-corrected chi connectivity index (χ0v) is 21.4. The summed E-state index contributed by atoms with van der Waals surface area (Å²) in [4.78, 5) is 0. The van der Waals surface area contributed by atoms with Crippen molar-refractivity contribution in [2.75, 3.05) is 12.0 Å². The van der Waals surface area contributed by atoms with Crippen molar-refractivity contribution in [1.82, 2.24) is 0 Å². The van der Waals surface area contributed by atoms with Gasteiger partial charge in [0, 0.05) is 5.69 Å². The molecule has 1 rings (SSSR count). The van der Waals surface area contributed by atoms with Gasteiger partial charge in [0.2, 0.25) is 0 Å². The van der Waals surface area contributed by atoms with Crippen molar-refractivity contribution in [3.63, 3.8) is 0 Å². The lowest BCUT2D eigenvalue weighted by Crippen LogP contribution is -2.66. The van der Waals surface area contributed by atoms with Crippen molar-refractivity contribution in [2.45, 2.75) is 68.3 Å². The van der Waals surface area contributed by atoms with Crippen LogP contribution in [0.3, 0.4) is 0 Å². The van der Waals surface area contributed by atoms with Crippen LogP contribution in [0.4, 0.5) is 75.9 Å². The standard InChI is InChI=1S/C20H19F16NO3Si/c1-4-41(2,3)12-7-5-11(6-8-12)37-10-38-16(17(27,28)29,18(30,31)32)40-20(35,36)19(33,34)39-13(15(24,25)26)9-14(21,22)23/h4-8,13,37H,1,9-10H2,2-3H3. The molecular formula is C20H19F16NO3Si. The van der Waals surface area contributed by atoms with Gasteiger partial charge in [0.1, 0.15) is 14.8 Å². The van der Waals surface area contributed by atoms with Crippen LogP contribution in [0.15, 0.2) is 36.5 Å². The topological polar surface area (TPSA) is 39.7 Å². The van der Waals surface area contributed by atoms with E-state index in [1.54, 1.807) is 11.0 Å². The maximum atomic E-state index is 14.0. The van der Waals surface area contributed by atoms with Crippen molar-refractivity contribution < 1.29 is 84.5 Å². The van der Waals surface area contributed by atoms with Crippen molar-refractivity contribution >= 4 is 18.9 Å². The summed E-state index contributed by atoms with van der Waals surface area (Å²) in [6.07, 6.45) is -49.6. The van der Waals surface area contributed by atoms with Crippen LogP contribution in [0.1, 0.15) is 6.42 Å². The first-order chi connectivity index (χ1) is 18.0. The van der Waals surface area contributed by atoms with Gasteiger partial charge >= 0.3 is 42.7 Å².